The molecule has 114 valence electrons. The van der Waals surface area contributed by atoms with Crippen LogP contribution in [0.15, 0.2) is 29.2 Å². The fourth-order valence-corrected chi connectivity index (χ4v) is 2.78. The molecule has 0 fully saturated rings. The lowest BCUT2D eigenvalue weighted by Gasteiger charge is -2.17. The molecule has 0 aliphatic heterocycles. The summed E-state index contributed by atoms with van der Waals surface area (Å²) in [6.45, 7) is 5.60. The normalized spacial score (nSPS) is 12.3. The molecule has 0 radical (unpaired) electrons. The molecule has 0 aliphatic carbocycles. The van der Waals surface area contributed by atoms with Crippen molar-refractivity contribution in [1.29, 1.82) is 0 Å². The molecule has 0 bridgehead atoms. The number of nitrogens with one attached hydrogen (secondary N) is 1. The van der Waals surface area contributed by atoms with Crippen LogP contribution in [0.3, 0.4) is 0 Å². The van der Waals surface area contributed by atoms with Crippen LogP contribution in [0.1, 0.15) is 19.4 Å². The second-order valence-corrected chi connectivity index (χ2v) is 7.04. The van der Waals surface area contributed by atoms with Gasteiger partial charge < -0.3 is 10.1 Å². The minimum Gasteiger partial charge on any atom is -0.383 e. The monoisotopic (exact) mass is 300 g/mol. The van der Waals surface area contributed by atoms with Crippen LogP contribution in [0.4, 0.5) is 0 Å². The topological polar surface area (TPSA) is 58.6 Å². The summed E-state index contributed by atoms with van der Waals surface area (Å²) >= 11 is 0. The highest BCUT2D eigenvalue weighted by Gasteiger charge is 2.19. The summed E-state index contributed by atoms with van der Waals surface area (Å²) in [6.07, 6.45) is 0. The molecule has 1 rings (SSSR count). The Bertz CT molecular complexity index is 498. The van der Waals surface area contributed by atoms with Crippen LogP contribution in [-0.2, 0) is 21.3 Å². The number of likely N-dealkylation sites (N-methyl/N-ethyl adjacent to an activating group) is 1. The minimum absolute atomic E-state index is 0.310. The number of sulfonamides is 1. The van der Waals surface area contributed by atoms with E-state index >= 15 is 0 Å². The molecule has 0 spiro atoms. The van der Waals surface area contributed by atoms with E-state index in [4.69, 9.17) is 4.74 Å². The first-order valence-corrected chi connectivity index (χ1v) is 8.09. The van der Waals surface area contributed by atoms with Crippen molar-refractivity contribution in [3.63, 3.8) is 0 Å². The van der Waals surface area contributed by atoms with Gasteiger partial charge in [0.05, 0.1) is 11.5 Å². The van der Waals surface area contributed by atoms with Crippen molar-refractivity contribution in [1.82, 2.24) is 9.62 Å². The van der Waals surface area contributed by atoms with E-state index < -0.39 is 10.0 Å². The van der Waals surface area contributed by atoms with Crippen LogP contribution in [0.25, 0.3) is 0 Å². The maximum Gasteiger partial charge on any atom is 0.242 e. The summed E-state index contributed by atoms with van der Waals surface area (Å²) in [6, 6.07) is 7.38. The van der Waals surface area contributed by atoms with E-state index in [-0.39, 0.29) is 0 Å². The lowest BCUT2D eigenvalue weighted by molar-refractivity contribution is 0.185. The summed E-state index contributed by atoms with van der Waals surface area (Å²) < 4.78 is 30.7. The van der Waals surface area contributed by atoms with Crippen molar-refractivity contribution in [2.75, 3.05) is 27.3 Å². The first kappa shape index (κ1) is 17.1. The van der Waals surface area contributed by atoms with Crippen LogP contribution in [0.5, 0.6) is 0 Å². The summed E-state index contributed by atoms with van der Waals surface area (Å²) in [5, 5.41) is 3.29. The zero-order chi connectivity index (χ0) is 15.2. The predicted molar refractivity (Wildman–Crippen MR) is 80.1 cm³/mol. The van der Waals surface area contributed by atoms with Gasteiger partial charge in [-0.1, -0.05) is 26.0 Å². The maximum atomic E-state index is 12.3. The Morgan fingerprint density at radius 2 is 1.85 bits per heavy atom. The number of hydrogen-bond acceptors (Lipinski definition) is 4. The molecule has 0 aliphatic rings. The molecule has 0 amide bonds. The van der Waals surface area contributed by atoms with Gasteiger partial charge in [-0.25, -0.2) is 8.42 Å². The second-order valence-electron chi connectivity index (χ2n) is 5.00. The van der Waals surface area contributed by atoms with Crippen molar-refractivity contribution < 1.29 is 13.2 Å². The predicted octanol–water partition coefficient (Wildman–Crippen LogP) is 1.45. The van der Waals surface area contributed by atoms with E-state index in [2.05, 4.69) is 19.2 Å². The first-order valence-electron chi connectivity index (χ1n) is 6.65. The standard InChI is InChI=1S/C14H24N2O3S/c1-12(2)15-11-13-5-7-14(8-6-13)20(17,18)16(3)9-10-19-4/h5-8,12,15H,9-11H2,1-4H3. The van der Waals surface area contributed by atoms with Crippen LogP contribution in [-0.4, -0.2) is 46.1 Å². The molecule has 0 aromatic heterocycles. The Labute approximate surface area is 122 Å². The van der Waals surface area contributed by atoms with Gasteiger partial charge in [0.2, 0.25) is 10.0 Å². The van der Waals surface area contributed by atoms with Crippen LogP contribution >= 0.6 is 0 Å². The van der Waals surface area contributed by atoms with Gasteiger partial charge in [0.25, 0.3) is 0 Å². The van der Waals surface area contributed by atoms with Gasteiger partial charge in [0, 0.05) is 33.3 Å². The van der Waals surface area contributed by atoms with Crippen LogP contribution in [0.2, 0.25) is 0 Å². The van der Waals surface area contributed by atoms with Gasteiger partial charge in [-0.2, -0.15) is 4.31 Å². The highest BCUT2D eigenvalue weighted by molar-refractivity contribution is 7.89. The van der Waals surface area contributed by atoms with Gasteiger partial charge in [-0.15, -0.1) is 0 Å². The van der Waals surface area contributed by atoms with Crippen molar-refractivity contribution in [2.45, 2.75) is 31.3 Å². The highest BCUT2D eigenvalue weighted by Crippen LogP contribution is 2.15. The molecule has 6 heteroatoms. The fourth-order valence-electron chi connectivity index (χ4n) is 1.62. The maximum absolute atomic E-state index is 12.3. The Hall–Kier alpha value is -0.950. The lowest BCUT2D eigenvalue weighted by atomic mass is 10.2. The molecule has 1 N–H and O–H groups in total. The summed E-state index contributed by atoms with van der Waals surface area (Å²) in [7, 11) is -0.316. The number of hydrogen-bond donors (Lipinski definition) is 1. The van der Waals surface area contributed by atoms with Crippen molar-refractivity contribution in [3.05, 3.63) is 29.8 Å². The van der Waals surface area contributed by atoms with E-state index in [0.29, 0.717) is 24.1 Å². The molecular formula is C14H24N2O3S. The summed E-state index contributed by atoms with van der Waals surface area (Å²) in [5.41, 5.74) is 1.07. The van der Waals surface area contributed by atoms with Gasteiger partial charge in [0.1, 0.15) is 0 Å². The highest BCUT2D eigenvalue weighted by atomic mass is 32.2. The SMILES string of the molecule is COCCN(C)S(=O)(=O)c1ccc(CNC(C)C)cc1. The van der Waals surface area contributed by atoms with Crippen molar-refractivity contribution in [2.24, 2.45) is 0 Å². The van der Waals surface area contributed by atoms with E-state index in [1.165, 1.54) is 4.31 Å². The lowest BCUT2D eigenvalue weighted by Crippen LogP contribution is -2.30. The molecule has 0 saturated heterocycles. The van der Waals surface area contributed by atoms with Crippen LogP contribution < -0.4 is 5.32 Å². The van der Waals surface area contributed by atoms with Crippen LogP contribution in [0, 0.1) is 0 Å². The molecule has 1 aromatic rings. The molecule has 0 atom stereocenters. The fraction of sp³-hybridized carbons (Fsp3) is 0.571. The summed E-state index contributed by atoms with van der Waals surface area (Å²) in [5.74, 6) is 0. The smallest absolute Gasteiger partial charge is 0.242 e. The third-order valence-corrected chi connectivity index (χ3v) is 4.83. The molecule has 5 nitrogen and oxygen atoms in total. The number of nitrogens with zero attached hydrogens (tertiary/aromatic N) is 1. The molecule has 0 unspecified atom stereocenters. The Balaban J connectivity index is 2.76. The van der Waals surface area contributed by atoms with Gasteiger partial charge >= 0.3 is 0 Å². The molecule has 0 saturated carbocycles. The van der Waals surface area contributed by atoms with E-state index in [1.807, 2.05) is 12.1 Å². The third kappa shape index (κ3) is 4.86. The first-order chi connectivity index (χ1) is 9.37. The van der Waals surface area contributed by atoms with E-state index in [1.54, 1.807) is 26.3 Å². The quantitative estimate of drug-likeness (QED) is 0.789. The largest absolute Gasteiger partial charge is 0.383 e. The molecule has 0 heterocycles. The van der Waals surface area contributed by atoms with Gasteiger partial charge in [-0.3, -0.25) is 0 Å². The summed E-state index contributed by atoms with van der Waals surface area (Å²) in [4.78, 5) is 0.310. The van der Waals surface area contributed by atoms with Gasteiger partial charge in [0.15, 0.2) is 0 Å². The zero-order valence-corrected chi connectivity index (χ0v) is 13.4. The van der Waals surface area contributed by atoms with Gasteiger partial charge in [-0.05, 0) is 17.7 Å². The molecule has 1 aromatic carbocycles. The van der Waals surface area contributed by atoms with Crippen molar-refractivity contribution in [3.8, 4) is 0 Å². The molecule has 20 heavy (non-hydrogen) atoms. The number of rotatable bonds is 8. The zero-order valence-electron chi connectivity index (χ0n) is 12.6. The Kier molecular flexibility index (Phi) is 6.61. The average molecular weight is 300 g/mol. The van der Waals surface area contributed by atoms with E-state index in [0.717, 1.165) is 12.1 Å². The Morgan fingerprint density at radius 3 is 2.35 bits per heavy atom. The number of methoxy groups -OCH3 is 1. The number of ether oxygens (including phenoxy) is 1. The number of benzene rings is 1. The Morgan fingerprint density at radius 1 is 1.25 bits per heavy atom. The molecular weight excluding hydrogens is 276 g/mol. The average Bonchev–Trinajstić information content (AvgIpc) is 2.42. The van der Waals surface area contributed by atoms with E-state index in [9.17, 15) is 8.42 Å². The van der Waals surface area contributed by atoms with Crippen molar-refractivity contribution >= 4 is 10.0 Å². The third-order valence-electron chi connectivity index (χ3n) is 2.96. The minimum atomic E-state index is -3.43. The second kappa shape index (κ2) is 7.73.